The first-order valence-electron chi connectivity index (χ1n) is 19.2. The van der Waals surface area contributed by atoms with Crippen LogP contribution in [0.1, 0.15) is 11.1 Å². The molecule has 0 spiro atoms. The molecular weight excluding hydrogens is 896 g/mol. The maximum absolute atomic E-state index is 12.6. The standard InChI is InChI=1S/C40H40N12O10S2.Na/c53-21-17-51(18-22-54)39-47-35(41-29-7-3-1-4-8-29)45-37(49-39)43-31-15-13-27(33(25-31)63(57,58)59)11-12-28-14-16-32(26-34(28)64(60,61)62)44-38-46-36(42-30-9-5-2-6-10-30)48-40(50-38)52(19-23-55)20-24-56;/h1-16,25-26H,17-24H2,(H,57,58,59)(H,60,61,62)(H2,41,43,45,47,49)(H2,42,44,46,48,50);/q-4;+1/p-2/b12-11+;. The molecule has 0 saturated heterocycles. The van der Waals surface area contributed by atoms with E-state index in [0.29, 0.717) is 11.4 Å². The van der Waals surface area contributed by atoms with Crippen LogP contribution in [0.4, 0.5) is 58.4 Å². The van der Waals surface area contributed by atoms with E-state index in [2.05, 4.69) is 51.2 Å². The number of hydrogen-bond acceptors (Lipinski definition) is 22. The van der Waals surface area contributed by atoms with Crippen molar-refractivity contribution in [3.63, 3.8) is 0 Å². The van der Waals surface area contributed by atoms with Crippen molar-refractivity contribution in [2.75, 3.05) is 83.7 Å². The molecular formula is C40H38N12NaO10S2-5. The van der Waals surface area contributed by atoms with Gasteiger partial charge in [-0.3, -0.25) is 0 Å². The van der Waals surface area contributed by atoms with Crippen LogP contribution >= 0.6 is 0 Å². The number of aromatic nitrogens is 6. The fourth-order valence-corrected chi connectivity index (χ4v) is 7.36. The van der Waals surface area contributed by atoms with Crippen molar-refractivity contribution >= 4 is 90.8 Å². The summed E-state index contributed by atoms with van der Waals surface area (Å²) >= 11 is 0. The van der Waals surface area contributed by atoms with Gasteiger partial charge in [0.2, 0.25) is 35.7 Å². The molecule has 0 fully saturated rings. The first-order valence-corrected chi connectivity index (χ1v) is 22.0. The molecule has 0 aliphatic heterocycles. The van der Waals surface area contributed by atoms with Crippen LogP contribution in [0, 0.1) is 0 Å². The topological polar surface area (TPSA) is 339 Å². The first-order chi connectivity index (χ1) is 30.8. The largest absolute Gasteiger partial charge is 1.00 e. The minimum absolute atomic E-state index is 0. The Balaban J connectivity index is 0.00000793. The van der Waals surface area contributed by atoms with Crippen LogP contribution in [0.2, 0.25) is 0 Å². The number of para-hydroxylation sites is 2. The van der Waals surface area contributed by atoms with Crippen molar-refractivity contribution in [3.05, 3.63) is 108 Å². The van der Waals surface area contributed by atoms with E-state index >= 15 is 0 Å². The second kappa shape index (κ2) is 23.3. The van der Waals surface area contributed by atoms with Crippen molar-refractivity contribution in [2.45, 2.75) is 9.79 Å². The summed E-state index contributed by atoms with van der Waals surface area (Å²) in [5, 5.41) is 57.7. The summed E-state index contributed by atoms with van der Waals surface area (Å²) in [7, 11) is -10.4. The Bertz CT molecular complexity index is 2580. The molecule has 6 aromatic rings. The summed E-state index contributed by atoms with van der Waals surface area (Å²) in [4.78, 5) is 27.3. The second-order valence-electron chi connectivity index (χ2n) is 13.3. The SMILES string of the molecule is O=S(=O)([O-])c1cc(Nc2nc(Nc3ccccc3)nc(N(CC[O-])CC[O-])n2)ccc1/C=C/c1ccc(Nc2nc(Nc3ccccc3)nc(N(CC[O-])CC[O-])n2)cc1S(=O)(=O)[O-].[Na+]. The monoisotopic (exact) mass is 933 g/mol. The molecule has 25 heteroatoms. The zero-order valence-electron chi connectivity index (χ0n) is 34.5. The summed E-state index contributed by atoms with van der Waals surface area (Å²) in [5.41, 5.74) is 0.903. The Morgan fingerprint density at radius 2 is 0.754 bits per heavy atom. The van der Waals surface area contributed by atoms with Crippen molar-refractivity contribution in [3.8, 4) is 0 Å². The van der Waals surface area contributed by atoms with Gasteiger partial charge in [-0.25, -0.2) is 16.8 Å². The van der Waals surface area contributed by atoms with Crippen molar-refractivity contribution in [1.82, 2.24) is 29.9 Å². The van der Waals surface area contributed by atoms with Gasteiger partial charge < -0.3 is 60.6 Å². The summed E-state index contributed by atoms with van der Waals surface area (Å²) < 4.78 is 75.5. The molecule has 65 heavy (non-hydrogen) atoms. The minimum Gasteiger partial charge on any atom is -0.853 e. The molecule has 6 rings (SSSR count). The fraction of sp³-hybridized carbons (Fsp3) is 0.200. The molecule has 2 heterocycles. The molecule has 0 aliphatic rings. The van der Waals surface area contributed by atoms with Gasteiger partial charge in [-0.15, -0.1) is 26.4 Å². The van der Waals surface area contributed by atoms with E-state index in [0.717, 1.165) is 24.3 Å². The summed E-state index contributed by atoms with van der Waals surface area (Å²) in [6.07, 6.45) is 2.28. The maximum atomic E-state index is 12.6. The van der Waals surface area contributed by atoms with E-state index in [1.807, 2.05) is 0 Å². The Hall–Kier alpha value is -5.90. The minimum atomic E-state index is -5.20. The molecule has 4 N–H and O–H groups in total. The smallest absolute Gasteiger partial charge is 0.853 e. The Morgan fingerprint density at radius 3 is 1.05 bits per heavy atom. The Morgan fingerprint density at radius 1 is 0.446 bits per heavy atom. The van der Waals surface area contributed by atoms with Crippen molar-refractivity contribution < 1.29 is 75.9 Å². The average Bonchev–Trinajstić information content (AvgIpc) is 3.26. The van der Waals surface area contributed by atoms with Crippen LogP contribution in [0.5, 0.6) is 0 Å². The maximum Gasteiger partial charge on any atom is 1.00 e. The molecule has 22 nitrogen and oxygen atoms in total. The van der Waals surface area contributed by atoms with E-state index in [1.165, 1.54) is 34.1 Å². The van der Waals surface area contributed by atoms with Crippen molar-refractivity contribution in [2.24, 2.45) is 0 Å². The first kappa shape index (κ1) is 50.1. The fourth-order valence-electron chi connectivity index (χ4n) is 5.97. The summed E-state index contributed by atoms with van der Waals surface area (Å²) in [6.45, 7) is -2.63. The van der Waals surface area contributed by atoms with Crippen molar-refractivity contribution in [1.29, 1.82) is 0 Å². The third-order valence-electron chi connectivity index (χ3n) is 8.84. The molecule has 0 unspecified atom stereocenters. The van der Waals surface area contributed by atoms with E-state index in [1.54, 1.807) is 60.7 Å². The normalized spacial score (nSPS) is 11.5. The summed E-state index contributed by atoms with van der Waals surface area (Å²) in [5.74, 6) is -0.288. The Kier molecular flexibility index (Phi) is 18.0. The van der Waals surface area contributed by atoms with Gasteiger partial charge in [-0.05, 0) is 59.7 Å². The van der Waals surface area contributed by atoms with E-state index in [4.69, 9.17) is 0 Å². The average molecular weight is 934 g/mol. The van der Waals surface area contributed by atoms with E-state index in [-0.39, 0.29) is 114 Å². The van der Waals surface area contributed by atoms with Crippen LogP contribution in [0.15, 0.2) is 107 Å². The zero-order chi connectivity index (χ0) is 45.7. The van der Waals surface area contributed by atoms with Crippen LogP contribution in [0.25, 0.3) is 12.2 Å². The van der Waals surface area contributed by atoms with Gasteiger partial charge in [0.05, 0.1) is 9.79 Å². The number of rotatable bonds is 22. The van der Waals surface area contributed by atoms with Gasteiger partial charge in [0.15, 0.2) is 0 Å². The number of hydrogen-bond donors (Lipinski definition) is 4. The predicted octanol–water partition coefficient (Wildman–Crippen LogP) is -2.93. The van der Waals surface area contributed by atoms with Gasteiger partial charge in [-0.2, -0.15) is 29.9 Å². The number of nitrogens with one attached hydrogen (secondary N) is 4. The van der Waals surface area contributed by atoms with Gasteiger partial charge in [0.25, 0.3) is 0 Å². The molecule has 336 valence electrons. The van der Waals surface area contributed by atoms with Crippen LogP contribution in [-0.4, -0.2) is 108 Å². The molecule has 0 saturated carbocycles. The quantitative estimate of drug-likeness (QED) is 0.0301. The number of anilines is 10. The van der Waals surface area contributed by atoms with E-state index < -0.39 is 56.5 Å². The number of nitrogens with zero attached hydrogens (tertiary/aromatic N) is 8. The van der Waals surface area contributed by atoms with Gasteiger partial charge in [0.1, 0.15) is 20.2 Å². The molecule has 2 aromatic heterocycles. The zero-order valence-corrected chi connectivity index (χ0v) is 38.2. The van der Waals surface area contributed by atoms with Gasteiger partial charge in [0, 0.05) is 48.9 Å². The van der Waals surface area contributed by atoms with E-state index in [9.17, 15) is 46.4 Å². The van der Waals surface area contributed by atoms with Crippen LogP contribution in [0.3, 0.4) is 0 Å². The second-order valence-corrected chi connectivity index (χ2v) is 16.0. The Labute approximate surface area is 396 Å². The third kappa shape index (κ3) is 14.3. The molecule has 4 aromatic carbocycles. The van der Waals surface area contributed by atoms with Gasteiger partial charge in [-0.1, -0.05) is 60.7 Å². The summed E-state index contributed by atoms with van der Waals surface area (Å²) in [6, 6.07) is 24.9. The molecule has 0 aliphatic carbocycles. The van der Waals surface area contributed by atoms with Crippen LogP contribution in [-0.2, 0) is 20.2 Å². The molecule has 0 radical (unpaired) electrons. The molecule has 0 atom stereocenters. The predicted molar refractivity (Wildman–Crippen MR) is 227 cm³/mol. The van der Waals surface area contributed by atoms with Gasteiger partial charge >= 0.3 is 29.6 Å². The molecule has 0 amide bonds. The number of benzene rings is 4. The van der Waals surface area contributed by atoms with Crippen LogP contribution < -0.4 is 81.1 Å². The third-order valence-corrected chi connectivity index (χ3v) is 10.6. The molecule has 0 bridgehead atoms.